The van der Waals surface area contributed by atoms with Gasteiger partial charge in [-0.3, -0.25) is 0 Å². The number of rotatable bonds is 3. The summed E-state index contributed by atoms with van der Waals surface area (Å²) in [6, 6.07) is 0. The average molecular weight is 399 g/mol. The molecule has 2 aromatic carbocycles. The Bertz CT molecular complexity index is 696. The van der Waals surface area contributed by atoms with Gasteiger partial charge in [-0.25, -0.2) is 0 Å². The maximum atomic E-state index is 6.64. The van der Waals surface area contributed by atoms with Gasteiger partial charge in [-0.05, 0) is 99.9 Å². The zero-order valence-corrected chi connectivity index (χ0v) is 18.7. The summed E-state index contributed by atoms with van der Waals surface area (Å²) in [5.74, 6) is 0. The summed E-state index contributed by atoms with van der Waals surface area (Å²) in [5, 5.41) is 1.73. The van der Waals surface area contributed by atoms with Crippen molar-refractivity contribution in [2.45, 2.75) is 65.2 Å². The lowest BCUT2D eigenvalue weighted by Gasteiger charge is -2.19. The third kappa shape index (κ3) is 3.35. The Hall–Kier alpha value is -0.280. The van der Waals surface area contributed by atoms with E-state index < -0.39 is 0 Å². The van der Waals surface area contributed by atoms with Gasteiger partial charge in [0.05, 0.1) is 10.0 Å². The normalized spacial score (nSPS) is 11.2. The fraction of sp³-hybridized carbons (Fsp3) is 0.400. The van der Waals surface area contributed by atoms with Gasteiger partial charge in [-0.2, -0.15) is 0 Å². The van der Waals surface area contributed by atoms with E-state index >= 15 is 0 Å². The molecule has 0 saturated carbocycles. The molecule has 0 aromatic heterocycles. The summed E-state index contributed by atoms with van der Waals surface area (Å²) >= 11 is 13.3. The molecule has 0 bridgehead atoms. The average Bonchev–Trinajstić information content (AvgIpc) is 2.57. The third-order valence-electron chi connectivity index (χ3n) is 5.32. The van der Waals surface area contributed by atoms with E-state index in [-0.39, 0.29) is 0 Å². The molecular weight excluding hydrogens is 375 g/mol. The van der Waals surface area contributed by atoms with Crippen LogP contribution < -0.4 is 0 Å². The number of benzene rings is 2. The summed E-state index contributed by atoms with van der Waals surface area (Å²) < 4.78 is 0. The second-order valence-corrected chi connectivity index (χ2v) is 9.36. The first kappa shape index (κ1) is 20.0. The zero-order chi connectivity index (χ0) is 18.3. The van der Waals surface area contributed by atoms with Gasteiger partial charge in [0.1, 0.15) is 0 Å². The minimum Gasteiger partial charge on any atom is -0.0828 e. The standard InChI is InChI=1S/C20H24Cl2S2/c1-9-11(3)15(7)19(17(21)13(9)5)23-24-20-16(8)12(4)10(2)14(6)18(20)22/h1-8H3. The van der Waals surface area contributed by atoms with Gasteiger partial charge in [0.2, 0.25) is 0 Å². The van der Waals surface area contributed by atoms with E-state index in [1.54, 1.807) is 21.6 Å². The first-order chi connectivity index (χ1) is 11.1. The van der Waals surface area contributed by atoms with Gasteiger partial charge in [0.25, 0.3) is 0 Å². The van der Waals surface area contributed by atoms with E-state index in [4.69, 9.17) is 23.2 Å². The highest BCUT2D eigenvalue weighted by Gasteiger charge is 2.18. The van der Waals surface area contributed by atoms with Gasteiger partial charge in [-0.15, -0.1) is 0 Å². The van der Waals surface area contributed by atoms with Crippen LogP contribution in [0.15, 0.2) is 9.79 Å². The lowest BCUT2D eigenvalue weighted by Crippen LogP contribution is -1.96. The molecule has 130 valence electrons. The van der Waals surface area contributed by atoms with Crippen LogP contribution in [0.5, 0.6) is 0 Å². The molecule has 0 aliphatic rings. The molecule has 0 radical (unpaired) electrons. The summed E-state index contributed by atoms with van der Waals surface area (Å²) in [6.07, 6.45) is 0. The van der Waals surface area contributed by atoms with E-state index in [1.165, 1.54) is 44.5 Å². The van der Waals surface area contributed by atoms with E-state index in [0.29, 0.717) is 0 Å². The minimum absolute atomic E-state index is 0.863. The van der Waals surface area contributed by atoms with Crippen LogP contribution in [0.4, 0.5) is 0 Å². The Balaban J connectivity index is 2.48. The molecule has 0 N–H and O–H groups in total. The van der Waals surface area contributed by atoms with Crippen molar-refractivity contribution in [3.63, 3.8) is 0 Å². The van der Waals surface area contributed by atoms with E-state index in [9.17, 15) is 0 Å². The molecule has 4 heteroatoms. The van der Waals surface area contributed by atoms with Crippen LogP contribution >= 0.6 is 44.8 Å². The maximum Gasteiger partial charge on any atom is 0.0585 e. The van der Waals surface area contributed by atoms with Crippen LogP contribution in [0.1, 0.15) is 44.5 Å². The molecule has 2 aromatic rings. The Morgan fingerprint density at radius 2 is 0.667 bits per heavy atom. The fourth-order valence-corrected chi connectivity index (χ4v) is 6.74. The second kappa shape index (κ2) is 7.53. The summed E-state index contributed by atoms with van der Waals surface area (Å²) in [5.41, 5.74) is 10.1. The predicted octanol–water partition coefficient (Wildman–Crippen LogP) is 8.26. The summed E-state index contributed by atoms with van der Waals surface area (Å²) in [4.78, 5) is 2.29. The lowest BCUT2D eigenvalue weighted by atomic mass is 10.00. The maximum absolute atomic E-state index is 6.64. The minimum atomic E-state index is 0.863. The van der Waals surface area contributed by atoms with E-state index in [1.807, 2.05) is 0 Å². The van der Waals surface area contributed by atoms with Crippen molar-refractivity contribution in [3.05, 3.63) is 54.6 Å². The molecule has 0 amide bonds. The summed E-state index contributed by atoms with van der Waals surface area (Å²) in [6.45, 7) is 17.1. The third-order valence-corrected chi connectivity index (χ3v) is 9.18. The zero-order valence-electron chi connectivity index (χ0n) is 15.6. The molecule has 0 aliphatic heterocycles. The molecule has 24 heavy (non-hydrogen) atoms. The highest BCUT2D eigenvalue weighted by atomic mass is 35.5. The van der Waals surface area contributed by atoms with Gasteiger partial charge in [0.15, 0.2) is 0 Å². The topological polar surface area (TPSA) is 0 Å². The van der Waals surface area contributed by atoms with E-state index in [0.717, 1.165) is 19.8 Å². The number of hydrogen-bond donors (Lipinski definition) is 0. The van der Waals surface area contributed by atoms with Crippen LogP contribution in [0, 0.1) is 55.4 Å². The van der Waals surface area contributed by atoms with Crippen molar-refractivity contribution in [1.29, 1.82) is 0 Å². The van der Waals surface area contributed by atoms with Gasteiger partial charge in [0, 0.05) is 9.79 Å². The molecule has 0 nitrogen and oxygen atoms in total. The van der Waals surface area contributed by atoms with Crippen molar-refractivity contribution < 1.29 is 0 Å². The molecule has 0 spiro atoms. The predicted molar refractivity (Wildman–Crippen MR) is 113 cm³/mol. The fourth-order valence-electron chi connectivity index (χ4n) is 2.75. The number of halogens is 2. The second-order valence-electron chi connectivity index (χ2n) is 6.45. The molecule has 0 heterocycles. The molecule has 0 saturated heterocycles. The SMILES string of the molecule is Cc1c(C)c(C)c(SSc2c(C)c(C)c(C)c(C)c2Cl)c(Cl)c1C. The largest absolute Gasteiger partial charge is 0.0828 e. The Morgan fingerprint density at radius 1 is 0.417 bits per heavy atom. The van der Waals surface area contributed by atoms with Crippen molar-refractivity contribution in [3.8, 4) is 0 Å². The molecule has 0 unspecified atom stereocenters. The quantitative estimate of drug-likeness (QED) is 0.477. The highest BCUT2D eigenvalue weighted by molar-refractivity contribution is 8.76. The summed E-state index contributed by atoms with van der Waals surface area (Å²) in [7, 11) is 3.43. The van der Waals surface area contributed by atoms with Crippen molar-refractivity contribution in [2.75, 3.05) is 0 Å². The van der Waals surface area contributed by atoms with Crippen LogP contribution in [0.2, 0.25) is 10.0 Å². The smallest absolute Gasteiger partial charge is 0.0585 e. The van der Waals surface area contributed by atoms with Gasteiger partial charge < -0.3 is 0 Å². The van der Waals surface area contributed by atoms with Crippen molar-refractivity contribution >= 4 is 44.8 Å². The molecular formula is C20H24Cl2S2. The first-order valence-electron chi connectivity index (χ1n) is 7.95. The van der Waals surface area contributed by atoms with Crippen molar-refractivity contribution in [1.82, 2.24) is 0 Å². The first-order valence-corrected chi connectivity index (χ1v) is 10.9. The number of hydrogen-bond acceptors (Lipinski definition) is 2. The van der Waals surface area contributed by atoms with Gasteiger partial charge >= 0.3 is 0 Å². The highest BCUT2D eigenvalue weighted by Crippen LogP contribution is 2.49. The van der Waals surface area contributed by atoms with Crippen LogP contribution in [-0.4, -0.2) is 0 Å². The molecule has 0 aliphatic carbocycles. The monoisotopic (exact) mass is 398 g/mol. The molecule has 0 fully saturated rings. The van der Waals surface area contributed by atoms with Crippen LogP contribution in [-0.2, 0) is 0 Å². The van der Waals surface area contributed by atoms with E-state index in [2.05, 4.69) is 55.4 Å². The Kier molecular flexibility index (Phi) is 6.29. The molecule has 2 rings (SSSR count). The van der Waals surface area contributed by atoms with Gasteiger partial charge in [-0.1, -0.05) is 44.8 Å². The Morgan fingerprint density at radius 3 is 0.958 bits per heavy atom. The van der Waals surface area contributed by atoms with Crippen molar-refractivity contribution in [2.24, 2.45) is 0 Å². The van der Waals surface area contributed by atoms with Crippen LogP contribution in [0.3, 0.4) is 0 Å². The Labute approximate surface area is 164 Å². The van der Waals surface area contributed by atoms with Crippen LogP contribution in [0.25, 0.3) is 0 Å². The molecule has 0 atom stereocenters. The lowest BCUT2D eigenvalue weighted by molar-refractivity contribution is 1.15.